The fourth-order valence-corrected chi connectivity index (χ4v) is 3.39. The quantitative estimate of drug-likeness (QED) is 0.706. The van der Waals surface area contributed by atoms with Gasteiger partial charge in [0.25, 0.3) is 0 Å². The van der Waals surface area contributed by atoms with Crippen molar-refractivity contribution in [2.24, 2.45) is 5.92 Å². The summed E-state index contributed by atoms with van der Waals surface area (Å²) in [5.41, 5.74) is 7.76. The lowest BCUT2D eigenvalue weighted by Crippen LogP contribution is -2.46. The SMILES string of the molecule is Cc1cc(NC(=O)C(=O)N2C[C@H](C)CC[C@H]2c2ccc(O)cc2)cnc1N. The second-order valence-electron chi connectivity index (χ2n) is 7.13. The zero-order valence-corrected chi connectivity index (χ0v) is 15.5. The van der Waals surface area contributed by atoms with Crippen LogP contribution in [0.2, 0.25) is 0 Å². The predicted octanol–water partition coefficient (Wildman–Crippen LogP) is 2.62. The van der Waals surface area contributed by atoms with Crippen molar-refractivity contribution in [3.8, 4) is 5.75 Å². The summed E-state index contributed by atoms with van der Waals surface area (Å²) >= 11 is 0. The predicted molar refractivity (Wildman–Crippen MR) is 103 cm³/mol. The molecule has 7 nitrogen and oxygen atoms in total. The number of nitrogens with one attached hydrogen (secondary N) is 1. The Morgan fingerprint density at radius 3 is 2.63 bits per heavy atom. The van der Waals surface area contributed by atoms with E-state index in [4.69, 9.17) is 5.73 Å². The average molecular weight is 368 g/mol. The molecule has 1 fully saturated rings. The van der Waals surface area contributed by atoms with Crippen LogP contribution in [0.15, 0.2) is 36.5 Å². The topological polar surface area (TPSA) is 109 Å². The molecule has 0 radical (unpaired) electrons. The maximum Gasteiger partial charge on any atom is 0.313 e. The molecule has 2 atom stereocenters. The van der Waals surface area contributed by atoms with Crippen LogP contribution >= 0.6 is 0 Å². The van der Waals surface area contributed by atoms with Crippen LogP contribution in [0.3, 0.4) is 0 Å². The molecule has 1 aromatic heterocycles. The van der Waals surface area contributed by atoms with E-state index in [-0.39, 0.29) is 11.8 Å². The van der Waals surface area contributed by atoms with E-state index in [1.807, 2.05) is 0 Å². The standard InChI is InChI=1S/C20H24N4O3/c1-12-3-8-17(14-4-6-16(25)7-5-14)24(11-12)20(27)19(26)23-15-9-13(2)18(21)22-10-15/h4-7,9-10,12,17,25H,3,8,11H2,1-2H3,(H2,21,22)(H,23,26)/t12-,17+/m1/s1. The molecule has 142 valence electrons. The summed E-state index contributed by atoms with van der Waals surface area (Å²) in [6.07, 6.45) is 3.18. The summed E-state index contributed by atoms with van der Waals surface area (Å²) in [6, 6.07) is 8.27. The van der Waals surface area contributed by atoms with Crippen LogP contribution in [-0.2, 0) is 9.59 Å². The van der Waals surface area contributed by atoms with Crippen molar-refractivity contribution in [3.63, 3.8) is 0 Å². The van der Waals surface area contributed by atoms with Gasteiger partial charge in [0, 0.05) is 6.54 Å². The zero-order chi connectivity index (χ0) is 19.6. The molecule has 0 unspecified atom stereocenters. The molecule has 0 aliphatic carbocycles. The molecule has 2 heterocycles. The molecule has 1 saturated heterocycles. The number of carbonyl (C=O) groups excluding carboxylic acids is 2. The smallest absolute Gasteiger partial charge is 0.313 e. The average Bonchev–Trinajstić information content (AvgIpc) is 2.65. The van der Waals surface area contributed by atoms with Crippen LogP contribution in [0, 0.1) is 12.8 Å². The van der Waals surface area contributed by atoms with Gasteiger partial charge in [-0.15, -0.1) is 0 Å². The van der Waals surface area contributed by atoms with Gasteiger partial charge in [-0.25, -0.2) is 4.98 Å². The maximum atomic E-state index is 12.9. The van der Waals surface area contributed by atoms with Crippen molar-refractivity contribution in [2.45, 2.75) is 32.7 Å². The third kappa shape index (κ3) is 4.19. The molecule has 1 aromatic carbocycles. The minimum Gasteiger partial charge on any atom is -0.508 e. The molecule has 0 saturated carbocycles. The molecule has 27 heavy (non-hydrogen) atoms. The lowest BCUT2D eigenvalue weighted by molar-refractivity contribution is -0.146. The van der Waals surface area contributed by atoms with E-state index in [9.17, 15) is 14.7 Å². The summed E-state index contributed by atoms with van der Waals surface area (Å²) in [7, 11) is 0. The van der Waals surface area contributed by atoms with Crippen molar-refractivity contribution in [1.29, 1.82) is 0 Å². The number of piperidine rings is 1. The van der Waals surface area contributed by atoms with Gasteiger partial charge < -0.3 is 21.1 Å². The fraction of sp³-hybridized carbons (Fsp3) is 0.350. The molecule has 0 spiro atoms. The number of pyridine rings is 1. The second kappa shape index (κ2) is 7.65. The van der Waals surface area contributed by atoms with Gasteiger partial charge in [0.05, 0.1) is 17.9 Å². The Labute approximate surface area is 158 Å². The molecule has 7 heteroatoms. The summed E-state index contributed by atoms with van der Waals surface area (Å²) in [6.45, 7) is 4.36. The Balaban J connectivity index is 1.79. The second-order valence-corrected chi connectivity index (χ2v) is 7.13. The molecule has 3 rings (SSSR count). The number of rotatable bonds is 2. The summed E-state index contributed by atoms with van der Waals surface area (Å²) in [5.74, 6) is -0.398. The van der Waals surface area contributed by atoms with Gasteiger partial charge in [-0.2, -0.15) is 0 Å². The van der Waals surface area contributed by atoms with Gasteiger partial charge in [0.2, 0.25) is 0 Å². The number of phenolic OH excluding ortho intramolecular Hbond substituents is 1. The minimum atomic E-state index is -0.696. The number of anilines is 2. The summed E-state index contributed by atoms with van der Waals surface area (Å²) < 4.78 is 0. The number of amides is 2. The largest absolute Gasteiger partial charge is 0.508 e. The van der Waals surface area contributed by atoms with Crippen LogP contribution in [0.25, 0.3) is 0 Å². The lowest BCUT2D eigenvalue weighted by Gasteiger charge is -2.38. The molecular weight excluding hydrogens is 344 g/mol. The van der Waals surface area contributed by atoms with Crippen molar-refractivity contribution in [3.05, 3.63) is 47.7 Å². The van der Waals surface area contributed by atoms with Crippen molar-refractivity contribution in [2.75, 3.05) is 17.6 Å². The number of hydrogen-bond donors (Lipinski definition) is 3. The van der Waals surface area contributed by atoms with Gasteiger partial charge in [0.15, 0.2) is 0 Å². The number of aryl methyl sites for hydroxylation is 1. The number of benzene rings is 1. The van der Waals surface area contributed by atoms with Crippen LogP contribution in [0.4, 0.5) is 11.5 Å². The lowest BCUT2D eigenvalue weighted by atomic mass is 9.90. The van der Waals surface area contributed by atoms with Gasteiger partial charge in [-0.1, -0.05) is 19.1 Å². The molecular formula is C20H24N4O3. The molecule has 4 N–H and O–H groups in total. The first-order valence-electron chi connectivity index (χ1n) is 8.98. The molecule has 1 aliphatic rings. The fourth-order valence-electron chi connectivity index (χ4n) is 3.39. The van der Waals surface area contributed by atoms with E-state index < -0.39 is 11.8 Å². The Bertz CT molecular complexity index is 851. The molecule has 1 aliphatic heterocycles. The van der Waals surface area contributed by atoms with Gasteiger partial charge in [-0.05, 0) is 55.0 Å². The molecule has 2 aromatic rings. The number of aromatic hydroxyl groups is 1. The first kappa shape index (κ1) is 18.7. The number of hydrogen-bond acceptors (Lipinski definition) is 5. The van der Waals surface area contributed by atoms with Crippen LogP contribution in [0.1, 0.15) is 36.9 Å². The van der Waals surface area contributed by atoms with E-state index >= 15 is 0 Å². The highest BCUT2D eigenvalue weighted by Gasteiger charge is 2.34. The first-order chi connectivity index (χ1) is 12.8. The van der Waals surface area contributed by atoms with Crippen molar-refractivity contribution >= 4 is 23.3 Å². The first-order valence-corrected chi connectivity index (χ1v) is 8.98. The number of nitrogens with zero attached hydrogens (tertiary/aromatic N) is 2. The Hall–Kier alpha value is -3.09. The zero-order valence-electron chi connectivity index (χ0n) is 15.5. The minimum absolute atomic E-state index is 0.171. The van der Waals surface area contributed by atoms with Gasteiger partial charge in [0.1, 0.15) is 11.6 Å². The Kier molecular flexibility index (Phi) is 5.30. The number of likely N-dealkylation sites (tertiary alicyclic amines) is 1. The van der Waals surface area contributed by atoms with Crippen molar-refractivity contribution < 1.29 is 14.7 Å². The monoisotopic (exact) mass is 368 g/mol. The van der Waals surface area contributed by atoms with E-state index in [0.29, 0.717) is 24.0 Å². The number of nitrogen functional groups attached to an aromatic ring is 1. The van der Waals surface area contributed by atoms with E-state index in [1.165, 1.54) is 6.20 Å². The number of phenols is 1. The highest BCUT2D eigenvalue weighted by molar-refractivity contribution is 6.39. The normalized spacial score (nSPS) is 19.6. The number of carbonyl (C=O) groups is 2. The van der Waals surface area contributed by atoms with E-state index in [0.717, 1.165) is 24.0 Å². The summed E-state index contributed by atoms with van der Waals surface area (Å²) in [5, 5.41) is 12.1. The van der Waals surface area contributed by atoms with E-state index in [1.54, 1.807) is 42.2 Å². The summed E-state index contributed by atoms with van der Waals surface area (Å²) in [4.78, 5) is 31.0. The van der Waals surface area contributed by atoms with Crippen molar-refractivity contribution in [1.82, 2.24) is 9.88 Å². The highest BCUT2D eigenvalue weighted by Crippen LogP contribution is 2.34. The Morgan fingerprint density at radius 1 is 1.26 bits per heavy atom. The van der Waals surface area contributed by atoms with E-state index in [2.05, 4.69) is 17.2 Å². The van der Waals surface area contributed by atoms with Gasteiger partial charge in [-0.3, -0.25) is 9.59 Å². The number of aromatic nitrogens is 1. The third-order valence-corrected chi connectivity index (χ3v) is 4.93. The van der Waals surface area contributed by atoms with Crippen LogP contribution in [0.5, 0.6) is 5.75 Å². The molecule has 0 bridgehead atoms. The Morgan fingerprint density at radius 2 is 1.96 bits per heavy atom. The van der Waals surface area contributed by atoms with Gasteiger partial charge >= 0.3 is 11.8 Å². The maximum absolute atomic E-state index is 12.9. The molecule has 2 amide bonds. The van der Waals surface area contributed by atoms with Crippen LogP contribution < -0.4 is 11.1 Å². The third-order valence-electron chi connectivity index (χ3n) is 4.93. The number of nitrogens with two attached hydrogens (primary N) is 1. The van der Waals surface area contributed by atoms with Crippen LogP contribution in [-0.4, -0.2) is 33.3 Å². The highest BCUT2D eigenvalue weighted by atomic mass is 16.3.